The van der Waals surface area contributed by atoms with Gasteiger partial charge in [-0.1, -0.05) is 0 Å². The van der Waals surface area contributed by atoms with Gasteiger partial charge in [0, 0.05) is 43.9 Å². The van der Waals surface area contributed by atoms with Crippen LogP contribution in [0.1, 0.15) is 40.8 Å². The Balaban J connectivity index is 1.63. The average Bonchev–Trinajstić information content (AvgIpc) is 3.34. The van der Waals surface area contributed by atoms with Crippen molar-refractivity contribution in [1.29, 1.82) is 0 Å². The fourth-order valence-electron chi connectivity index (χ4n) is 3.45. The molecule has 1 amide bonds. The lowest BCUT2D eigenvalue weighted by molar-refractivity contribution is 0.0729. The molecule has 1 aliphatic heterocycles. The van der Waals surface area contributed by atoms with Crippen LogP contribution in [0.15, 0.2) is 43.1 Å². The molecule has 1 saturated heterocycles. The SMILES string of the molecule is Cc1nccn1-c1ccnc(C(=O)N2CCCC2c2cnn(C)c2)c1. The van der Waals surface area contributed by atoms with Crippen molar-refractivity contribution >= 4 is 5.91 Å². The van der Waals surface area contributed by atoms with Gasteiger partial charge in [0.2, 0.25) is 0 Å². The predicted octanol–water partition coefficient (Wildman–Crippen LogP) is 2.29. The van der Waals surface area contributed by atoms with Gasteiger partial charge in [-0.2, -0.15) is 5.10 Å². The molecule has 0 N–H and O–H groups in total. The number of carbonyl (C=O) groups excluding carboxylic acids is 1. The number of likely N-dealkylation sites (tertiary alicyclic amines) is 1. The van der Waals surface area contributed by atoms with Gasteiger partial charge < -0.3 is 9.47 Å². The third-order valence-electron chi connectivity index (χ3n) is 4.69. The number of carbonyl (C=O) groups is 1. The first-order chi connectivity index (χ1) is 12.1. The Kier molecular flexibility index (Phi) is 3.83. The zero-order chi connectivity index (χ0) is 17.4. The molecule has 1 atom stereocenters. The molecule has 1 unspecified atom stereocenters. The summed E-state index contributed by atoms with van der Waals surface area (Å²) in [5.41, 5.74) is 2.43. The van der Waals surface area contributed by atoms with E-state index < -0.39 is 0 Å². The van der Waals surface area contributed by atoms with E-state index in [-0.39, 0.29) is 11.9 Å². The van der Waals surface area contributed by atoms with E-state index in [1.165, 1.54) is 0 Å². The number of pyridine rings is 1. The molecule has 1 fully saturated rings. The fraction of sp³-hybridized carbons (Fsp3) is 0.333. The number of hydrogen-bond acceptors (Lipinski definition) is 4. The largest absolute Gasteiger partial charge is 0.330 e. The van der Waals surface area contributed by atoms with Crippen molar-refractivity contribution in [3.8, 4) is 5.69 Å². The Bertz CT molecular complexity index is 912. The highest BCUT2D eigenvalue weighted by atomic mass is 16.2. The smallest absolute Gasteiger partial charge is 0.273 e. The van der Waals surface area contributed by atoms with Crippen molar-refractivity contribution in [2.45, 2.75) is 25.8 Å². The van der Waals surface area contributed by atoms with Crippen LogP contribution in [0.25, 0.3) is 5.69 Å². The quantitative estimate of drug-likeness (QED) is 0.736. The van der Waals surface area contributed by atoms with Crippen molar-refractivity contribution in [2.75, 3.05) is 6.54 Å². The van der Waals surface area contributed by atoms with E-state index in [4.69, 9.17) is 0 Å². The highest BCUT2D eigenvalue weighted by Gasteiger charge is 2.32. The van der Waals surface area contributed by atoms with E-state index in [1.54, 1.807) is 17.1 Å². The van der Waals surface area contributed by atoms with E-state index in [9.17, 15) is 4.79 Å². The van der Waals surface area contributed by atoms with Crippen LogP contribution in [0.3, 0.4) is 0 Å². The second-order valence-electron chi connectivity index (χ2n) is 6.35. The maximum absolute atomic E-state index is 13.1. The summed E-state index contributed by atoms with van der Waals surface area (Å²) in [4.78, 5) is 23.5. The van der Waals surface area contributed by atoms with Crippen molar-refractivity contribution in [3.63, 3.8) is 0 Å². The highest BCUT2D eigenvalue weighted by molar-refractivity contribution is 5.93. The predicted molar refractivity (Wildman–Crippen MR) is 92.3 cm³/mol. The summed E-state index contributed by atoms with van der Waals surface area (Å²) in [5, 5.41) is 4.24. The summed E-state index contributed by atoms with van der Waals surface area (Å²) in [5.74, 6) is 0.838. The van der Waals surface area contributed by atoms with Gasteiger partial charge in [0.25, 0.3) is 5.91 Å². The number of amides is 1. The summed E-state index contributed by atoms with van der Waals surface area (Å²) in [7, 11) is 1.89. The monoisotopic (exact) mass is 336 g/mol. The standard InChI is InChI=1S/C18H20N6O/c1-13-19-7-9-23(13)15-5-6-20-16(10-15)18(25)24-8-3-4-17(24)14-11-21-22(2)12-14/h5-7,9-12,17H,3-4,8H2,1-2H3. The zero-order valence-corrected chi connectivity index (χ0v) is 14.3. The minimum Gasteiger partial charge on any atom is -0.330 e. The Hall–Kier alpha value is -2.96. The average molecular weight is 336 g/mol. The van der Waals surface area contributed by atoms with E-state index in [0.29, 0.717) is 5.69 Å². The third kappa shape index (κ3) is 2.82. The summed E-state index contributed by atoms with van der Waals surface area (Å²) in [6.07, 6.45) is 11.1. The van der Waals surface area contributed by atoms with Crippen LogP contribution in [0.2, 0.25) is 0 Å². The van der Waals surface area contributed by atoms with Gasteiger partial charge in [-0.15, -0.1) is 0 Å². The molecular formula is C18H20N6O. The molecule has 0 aromatic carbocycles. The third-order valence-corrected chi connectivity index (χ3v) is 4.69. The molecule has 0 saturated carbocycles. The summed E-state index contributed by atoms with van der Waals surface area (Å²) >= 11 is 0. The molecule has 3 aromatic rings. The molecule has 128 valence electrons. The van der Waals surface area contributed by atoms with Crippen LogP contribution in [0.4, 0.5) is 0 Å². The van der Waals surface area contributed by atoms with E-state index in [2.05, 4.69) is 15.1 Å². The number of hydrogen-bond donors (Lipinski definition) is 0. The Morgan fingerprint density at radius 2 is 2.16 bits per heavy atom. The van der Waals surface area contributed by atoms with Crippen molar-refractivity contribution in [1.82, 2.24) is 29.2 Å². The van der Waals surface area contributed by atoms with Gasteiger partial charge in [0.15, 0.2) is 0 Å². The van der Waals surface area contributed by atoms with Crippen LogP contribution >= 0.6 is 0 Å². The second kappa shape index (κ2) is 6.16. The van der Waals surface area contributed by atoms with Gasteiger partial charge >= 0.3 is 0 Å². The Morgan fingerprint density at radius 3 is 2.88 bits per heavy atom. The van der Waals surface area contributed by atoms with Crippen molar-refractivity contribution in [3.05, 3.63) is 60.2 Å². The molecule has 3 aromatic heterocycles. The number of aromatic nitrogens is 5. The zero-order valence-electron chi connectivity index (χ0n) is 14.3. The van der Waals surface area contributed by atoms with Gasteiger partial charge in [-0.25, -0.2) is 4.98 Å². The molecule has 0 radical (unpaired) electrons. The van der Waals surface area contributed by atoms with Crippen LogP contribution in [-0.2, 0) is 7.05 Å². The Morgan fingerprint density at radius 1 is 1.28 bits per heavy atom. The molecule has 1 aliphatic rings. The molecule has 0 aliphatic carbocycles. The number of imidazole rings is 1. The lowest BCUT2D eigenvalue weighted by Gasteiger charge is -2.23. The summed E-state index contributed by atoms with van der Waals surface area (Å²) < 4.78 is 3.72. The minimum absolute atomic E-state index is 0.0361. The summed E-state index contributed by atoms with van der Waals surface area (Å²) in [6, 6.07) is 3.78. The lowest BCUT2D eigenvalue weighted by Crippen LogP contribution is -2.31. The minimum atomic E-state index is -0.0361. The van der Waals surface area contributed by atoms with Crippen molar-refractivity contribution < 1.29 is 4.79 Å². The molecule has 7 nitrogen and oxygen atoms in total. The molecular weight excluding hydrogens is 316 g/mol. The number of aryl methyl sites for hydroxylation is 2. The van der Waals surface area contributed by atoms with Crippen LogP contribution in [0.5, 0.6) is 0 Å². The normalized spacial score (nSPS) is 17.2. The first-order valence-corrected chi connectivity index (χ1v) is 8.39. The van der Waals surface area contributed by atoms with Gasteiger partial charge in [-0.3, -0.25) is 14.5 Å². The number of rotatable bonds is 3. The van der Waals surface area contributed by atoms with Crippen LogP contribution in [-0.4, -0.2) is 41.7 Å². The topological polar surface area (TPSA) is 68.8 Å². The van der Waals surface area contributed by atoms with Gasteiger partial charge in [0.1, 0.15) is 11.5 Å². The first-order valence-electron chi connectivity index (χ1n) is 8.39. The summed E-state index contributed by atoms with van der Waals surface area (Å²) in [6.45, 7) is 2.68. The van der Waals surface area contributed by atoms with Gasteiger partial charge in [-0.05, 0) is 31.9 Å². The maximum Gasteiger partial charge on any atom is 0.273 e. The second-order valence-corrected chi connectivity index (χ2v) is 6.35. The fourth-order valence-corrected chi connectivity index (χ4v) is 3.45. The highest BCUT2D eigenvalue weighted by Crippen LogP contribution is 2.32. The van der Waals surface area contributed by atoms with Crippen molar-refractivity contribution in [2.24, 2.45) is 7.05 Å². The lowest BCUT2D eigenvalue weighted by atomic mass is 10.1. The molecule has 0 bridgehead atoms. The first kappa shape index (κ1) is 15.6. The maximum atomic E-state index is 13.1. The molecule has 25 heavy (non-hydrogen) atoms. The molecule has 0 spiro atoms. The molecule has 4 rings (SSSR count). The van der Waals surface area contributed by atoms with E-state index in [1.807, 2.05) is 54.2 Å². The van der Waals surface area contributed by atoms with E-state index in [0.717, 1.165) is 36.5 Å². The van der Waals surface area contributed by atoms with Crippen LogP contribution < -0.4 is 0 Å². The van der Waals surface area contributed by atoms with E-state index >= 15 is 0 Å². The Labute approximate surface area is 145 Å². The van der Waals surface area contributed by atoms with Gasteiger partial charge in [0.05, 0.1) is 17.9 Å². The number of nitrogens with zero attached hydrogens (tertiary/aromatic N) is 6. The molecule has 4 heterocycles. The van der Waals surface area contributed by atoms with Crippen LogP contribution in [0, 0.1) is 6.92 Å². The molecule has 7 heteroatoms.